The van der Waals surface area contributed by atoms with Gasteiger partial charge in [0.1, 0.15) is 17.6 Å². The van der Waals surface area contributed by atoms with Gasteiger partial charge in [-0.1, -0.05) is 54.1 Å². The van der Waals surface area contributed by atoms with Crippen molar-refractivity contribution < 1.29 is 14.5 Å². The smallest absolute Gasteiger partial charge is 0.282 e. The van der Waals surface area contributed by atoms with Crippen LogP contribution in [-0.4, -0.2) is 32.7 Å². The second-order valence-corrected chi connectivity index (χ2v) is 8.42. The Hall–Kier alpha value is -4.24. The molecule has 0 radical (unpaired) electrons. The Bertz CT molecular complexity index is 1410. The van der Waals surface area contributed by atoms with Crippen molar-refractivity contribution in [2.24, 2.45) is 0 Å². The lowest BCUT2D eigenvalue weighted by molar-refractivity contribution is -0.385. The quantitative estimate of drug-likeness (QED) is 0.281. The lowest BCUT2D eigenvalue weighted by Gasteiger charge is -2.39. The molecular weight excluding hydrogens is 470 g/mol. The molecule has 1 aliphatic heterocycles. The van der Waals surface area contributed by atoms with Gasteiger partial charge in [0.05, 0.1) is 24.1 Å². The number of methoxy groups -OCH3 is 1. The van der Waals surface area contributed by atoms with Gasteiger partial charge >= 0.3 is 0 Å². The highest BCUT2D eigenvalue weighted by molar-refractivity contribution is 6.31. The van der Waals surface area contributed by atoms with E-state index in [9.17, 15) is 14.9 Å². The number of hydrogen-bond acceptors (Lipinski definition) is 6. The number of carbonyl (C=O) groups is 1. The predicted molar refractivity (Wildman–Crippen MR) is 130 cm³/mol. The molecule has 1 aromatic heterocycles. The number of nitrogens with zero attached hydrogens (tertiary/aromatic N) is 5. The normalized spacial score (nSPS) is 17.0. The summed E-state index contributed by atoms with van der Waals surface area (Å²) < 4.78 is 6.94. The van der Waals surface area contributed by atoms with Crippen LogP contribution in [0.15, 0.2) is 79.1 Å². The van der Waals surface area contributed by atoms with E-state index in [0.29, 0.717) is 17.2 Å². The van der Waals surface area contributed by atoms with Gasteiger partial charge in [0.25, 0.3) is 11.6 Å². The molecule has 0 N–H and O–H groups in total. The zero-order chi connectivity index (χ0) is 24.5. The number of fused-ring (bicyclic) bond motifs is 1. The summed E-state index contributed by atoms with van der Waals surface area (Å²) in [5.41, 5.74) is 1.37. The maximum absolute atomic E-state index is 13.9. The van der Waals surface area contributed by atoms with Crippen molar-refractivity contribution in [2.75, 3.05) is 12.0 Å². The summed E-state index contributed by atoms with van der Waals surface area (Å²) in [6.45, 7) is 0. The number of aromatic nitrogens is 3. The van der Waals surface area contributed by atoms with Gasteiger partial charge in [0.2, 0.25) is 5.95 Å². The highest BCUT2D eigenvalue weighted by Gasteiger charge is 2.41. The third-order valence-corrected chi connectivity index (χ3v) is 6.48. The van der Waals surface area contributed by atoms with Crippen LogP contribution in [0.2, 0.25) is 5.02 Å². The van der Waals surface area contributed by atoms with E-state index in [1.807, 2.05) is 42.5 Å². The van der Waals surface area contributed by atoms with Gasteiger partial charge in [-0.2, -0.15) is 10.1 Å². The van der Waals surface area contributed by atoms with Crippen LogP contribution in [0, 0.1) is 10.1 Å². The molecule has 35 heavy (non-hydrogen) atoms. The first-order chi connectivity index (χ1) is 17.0. The highest BCUT2D eigenvalue weighted by atomic mass is 35.5. The summed E-state index contributed by atoms with van der Waals surface area (Å²) in [7, 11) is 1.58. The molecule has 1 aliphatic rings. The van der Waals surface area contributed by atoms with E-state index in [1.54, 1.807) is 23.9 Å². The first kappa shape index (κ1) is 22.5. The number of para-hydroxylation sites is 1. The fourth-order valence-corrected chi connectivity index (χ4v) is 4.75. The fraction of sp³-hybridized carbons (Fsp3) is 0.160. The molecule has 0 fully saturated rings. The summed E-state index contributed by atoms with van der Waals surface area (Å²) in [5, 5.41) is 16.6. The zero-order valence-electron chi connectivity index (χ0n) is 18.6. The summed E-state index contributed by atoms with van der Waals surface area (Å²) >= 11 is 6.54. The van der Waals surface area contributed by atoms with E-state index in [-0.39, 0.29) is 23.2 Å². The third-order valence-electron chi connectivity index (χ3n) is 6.14. The van der Waals surface area contributed by atoms with Gasteiger partial charge in [0, 0.05) is 11.1 Å². The van der Waals surface area contributed by atoms with E-state index in [1.165, 1.54) is 29.4 Å². The second kappa shape index (κ2) is 9.19. The van der Waals surface area contributed by atoms with Crippen molar-refractivity contribution >= 4 is 29.1 Å². The van der Waals surface area contributed by atoms with Crippen LogP contribution in [0.4, 0.5) is 11.6 Å². The third kappa shape index (κ3) is 4.00. The Labute approximate surface area is 205 Å². The fourth-order valence-electron chi connectivity index (χ4n) is 4.48. The van der Waals surface area contributed by atoms with E-state index in [2.05, 4.69) is 10.1 Å². The molecular formula is C25H20ClN5O4. The molecule has 0 aliphatic carbocycles. The zero-order valence-corrected chi connectivity index (χ0v) is 19.4. The van der Waals surface area contributed by atoms with Crippen molar-refractivity contribution in [3.8, 4) is 5.75 Å². The van der Waals surface area contributed by atoms with Gasteiger partial charge in [-0.05, 0) is 41.8 Å². The van der Waals surface area contributed by atoms with Crippen LogP contribution in [0.3, 0.4) is 0 Å². The Balaban J connectivity index is 1.68. The molecule has 2 atom stereocenters. The number of rotatable bonds is 5. The Morgan fingerprint density at radius 3 is 2.49 bits per heavy atom. The molecule has 9 nitrogen and oxygen atoms in total. The predicted octanol–water partition coefficient (Wildman–Crippen LogP) is 5.23. The topological polar surface area (TPSA) is 103 Å². The molecule has 10 heteroatoms. The molecule has 1 amide bonds. The maximum atomic E-state index is 13.9. The van der Waals surface area contributed by atoms with Crippen molar-refractivity contribution in [1.29, 1.82) is 0 Å². The standard InChI is InChI=1S/C25H20ClN5O4/c1-35-17-12-10-16(11-13-17)22-14-23(18-6-2-4-8-20(18)26)30-25(27-15-28-30)29(22)24(32)19-7-3-5-9-21(19)31(33)34/h2-13,15,22-23H,14H2,1H3. The largest absolute Gasteiger partial charge is 0.497 e. The van der Waals surface area contributed by atoms with Crippen LogP contribution in [0.5, 0.6) is 5.75 Å². The Morgan fingerprint density at radius 1 is 1.06 bits per heavy atom. The van der Waals surface area contributed by atoms with Crippen molar-refractivity contribution in [3.05, 3.63) is 111 Å². The minimum atomic E-state index is -0.559. The average Bonchev–Trinajstić information content (AvgIpc) is 3.38. The number of nitro groups is 1. The van der Waals surface area contributed by atoms with Crippen molar-refractivity contribution in [1.82, 2.24) is 14.8 Å². The number of amides is 1. The average molecular weight is 490 g/mol. The van der Waals surface area contributed by atoms with Gasteiger partial charge in [0.15, 0.2) is 0 Å². The molecule has 176 valence electrons. The molecule has 4 aromatic rings. The molecule has 3 aromatic carbocycles. The van der Waals surface area contributed by atoms with Crippen LogP contribution in [-0.2, 0) is 0 Å². The maximum Gasteiger partial charge on any atom is 0.282 e. The number of carbonyl (C=O) groups excluding carboxylic acids is 1. The molecule has 0 spiro atoms. The Morgan fingerprint density at radius 2 is 1.77 bits per heavy atom. The summed E-state index contributed by atoms with van der Waals surface area (Å²) in [6.07, 6.45) is 1.80. The number of nitro benzene ring substituents is 1. The summed E-state index contributed by atoms with van der Waals surface area (Å²) in [5.74, 6) is 0.419. The highest BCUT2D eigenvalue weighted by Crippen LogP contribution is 2.44. The van der Waals surface area contributed by atoms with Crippen LogP contribution in [0.1, 0.15) is 40.0 Å². The minimum absolute atomic E-state index is 0.0262. The molecule has 2 unspecified atom stereocenters. The van der Waals surface area contributed by atoms with E-state index in [0.717, 1.165) is 11.1 Å². The van der Waals surface area contributed by atoms with E-state index in [4.69, 9.17) is 16.3 Å². The number of hydrogen-bond donors (Lipinski definition) is 0. The summed E-state index contributed by atoms with van der Waals surface area (Å²) in [4.78, 5) is 30.9. The number of ether oxygens (including phenoxy) is 1. The van der Waals surface area contributed by atoms with Gasteiger partial charge in [-0.3, -0.25) is 19.8 Å². The van der Waals surface area contributed by atoms with Gasteiger partial charge in [-0.25, -0.2) is 4.68 Å². The Kier molecular flexibility index (Phi) is 5.92. The monoisotopic (exact) mass is 489 g/mol. The van der Waals surface area contributed by atoms with Crippen LogP contribution < -0.4 is 9.64 Å². The van der Waals surface area contributed by atoms with Crippen molar-refractivity contribution in [3.63, 3.8) is 0 Å². The van der Waals surface area contributed by atoms with Crippen LogP contribution >= 0.6 is 11.6 Å². The molecule has 0 bridgehead atoms. The SMILES string of the molecule is COc1ccc(C2CC(c3ccccc3Cl)n3ncnc3N2C(=O)c2ccccc2[N+](=O)[O-])cc1. The molecule has 0 saturated carbocycles. The number of benzene rings is 3. The molecule has 5 rings (SSSR count). The first-order valence-electron chi connectivity index (χ1n) is 10.8. The minimum Gasteiger partial charge on any atom is -0.497 e. The number of halogens is 1. The van der Waals surface area contributed by atoms with Crippen molar-refractivity contribution in [2.45, 2.75) is 18.5 Å². The lowest BCUT2D eigenvalue weighted by atomic mass is 9.91. The number of anilines is 1. The van der Waals surface area contributed by atoms with E-state index < -0.39 is 16.9 Å². The summed E-state index contributed by atoms with van der Waals surface area (Å²) in [6, 6.07) is 19.9. The lowest BCUT2D eigenvalue weighted by Crippen LogP contribution is -2.43. The van der Waals surface area contributed by atoms with E-state index >= 15 is 0 Å². The van der Waals surface area contributed by atoms with Gasteiger partial charge in [-0.15, -0.1) is 0 Å². The first-order valence-corrected chi connectivity index (χ1v) is 11.2. The second-order valence-electron chi connectivity index (χ2n) is 8.02. The molecule has 2 heterocycles. The molecule has 0 saturated heterocycles. The van der Waals surface area contributed by atoms with Crippen LogP contribution in [0.25, 0.3) is 0 Å². The van der Waals surface area contributed by atoms with Gasteiger partial charge < -0.3 is 4.74 Å².